The summed E-state index contributed by atoms with van der Waals surface area (Å²) in [4.78, 5) is 13.0. The topological polar surface area (TPSA) is 77.2 Å². The SMILES string of the molecule is COc1ccc(SCC(=O)Nc2nnc(-c3ccccc3Cl)o2)cc1. The first-order chi connectivity index (χ1) is 12.2. The largest absolute Gasteiger partial charge is 0.497 e. The second-order valence-electron chi connectivity index (χ2n) is 4.90. The van der Waals surface area contributed by atoms with Gasteiger partial charge in [-0.3, -0.25) is 10.1 Å². The molecule has 2 aromatic carbocycles. The number of aromatic nitrogens is 2. The molecule has 0 unspecified atom stereocenters. The molecule has 1 heterocycles. The molecule has 8 heteroatoms. The van der Waals surface area contributed by atoms with Crippen LogP contribution in [0.3, 0.4) is 0 Å². The van der Waals surface area contributed by atoms with E-state index in [0.717, 1.165) is 10.6 Å². The molecule has 0 atom stereocenters. The van der Waals surface area contributed by atoms with Crippen molar-refractivity contribution in [1.29, 1.82) is 0 Å². The third kappa shape index (κ3) is 4.52. The standard InChI is InChI=1S/C17H14ClN3O3S/c1-23-11-6-8-12(9-7-11)25-10-15(22)19-17-21-20-16(24-17)13-4-2-3-5-14(13)18/h2-9H,10H2,1H3,(H,19,21,22). The van der Waals surface area contributed by atoms with Gasteiger partial charge < -0.3 is 9.15 Å². The second kappa shape index (κ2) is 8.04. The van der Waals surface area contributed by atoms with E-state index in [4.69, 9.17) is 20.8 Å². The summed E-state index contributed by atoms with van der Waals surface area (Å²) in [5, 5.41) is 10.8. The Labute approximate surface area is 153 Å². The van der Waals surface area contributed by atoms with E-state index in [-0.39, 0.29) is 23.6 Å². The summed E-state index contributed by atoms with van der Waals surface area (Å²) < 4.78 is 10.5. The van der Waals surface area contributed by atoms with E-state index in [1.807, 2.05) is 30.3 Å². The molecule has 3 rings (SSSR count). The molecule has 3 aromatic rings. The number of methoxy groups -OCH3 is 1. The summed E-state index contributed by atoms with van der Waals surface area (Å²) in [6, 6.07) is 14.6. The van der Waals surface area contributed by atoms with E-state index < -0.39 is 0 Å². The maximum atomic E-state index is 12.0. The van der Waals surface area contributed by atoms with E-state index >= 15 is 0 Å². The van der Waals surface area contributed by atoms with Crippen LogP contribution in [0.2, 0.25) is 5.02 Å². The highest BCUT2D eigenvalue weighted by atomic mass is 35.5. The lowest BCUT2D eigenvalue weighted by molar-refractivity contribution is -0.113. The number of ether oxygens (including phenoxy) is 1. The van der Waals surface area contributed by atoms with Gasteiger partial charge in [-0.1, -0.05) is 28.8 Å². The number of hydrogen-bond acceptors (Lipinski definition) is 6. The lowest BCUT2D eigenvalue weighted by atomic mass is 10.2. The Balaban J connectivity index is 1.57. The molecule has 6 nitrogen and oxygen atoms in total. The Hall–Kier alpha value is -2.51. The Kier molecular flexibility index (Phi) is 5.57. The molecule has 1 aromatic heterocycles. The zero-order chi connectivity index (χ0) is 17.6. The number of carbonyl (C=O) groups excluding carboxylic acids is 1. The third-order valence-corrected chi connectivity index (χ3v) is 4.55. The Morgan fingerprint density at radius 3 is 2.68 bits per heavy atom. The summed E-state index contributed by atoms with van der Waals surface area (Å²) in [7, 11) is 1.61. The maximum absolute atomic E-state index is 12.0. The van der Waals surface area contributed by atoms with Gasteiger partial charge in [-0.2, -0.15) is 0 Å². The molecular formula is C17H14ClN3O3S. The van der Waals surface area contributed by atoms with Gasteiger partial charge in [0.1, 0.15) is 5.75 Å². The first kappa shape index (κ1) is 17.3. The van der Waals surface area contributed by atoms with Gasteiger partial charge in [0.15, 0.2) is 0 Å². The summed E-state index contributed by atoms with van der Waals surface area (Å²) >= 11 is 7.48. The number of nitrogens with zero attached hydrogens (tertiary/aromatic N) is 2. The highest BCUT2D eigenvalue weighted by Crippen LogP contribution is 2.27. The first-order valence-corrected chi connectivity index (χ1v) is 8.67. The fourth-order valence-electron chi connectivity index (χ4n) is 1.99. The fourth-order valence-corrected chi connectivity index (χ4v) is 2.91. The normalized spacial score (nSPS) is 10.5. The van der Waals surface area contributed by atoms with Crippen molar-refractivity contribution >= 4 is 35.3 Å². The number of benzene rings is 2. The van der Waals surface area contributed by atoms with Crippen LogP contribution in [0, 0.1) is 0 Å². The van der Waals surface area contributed by atoms with Crippen molar-refractivity contribution in [2.75, 3.05) is 18.2 Å². The predicted octanol–water partition coefficient (Wildman–Crippen LogP) is 4.13. The number of halogens is 1. The van der Waals surface area contributed by atoms with Crippen molar-refractivity contribution < 1.29 is 13.9 Å². The van der Waals surface area contributed by atoms with Crippen LogP contribution in [0.5, 0.6) is 5.75 Å². The molecule has 1 amide bonds. The number of hydrogen-bond donors (Lipinski definition) is 1. The molecule has 0 aliphatic carbocycles. The lowest BCUT2D eigenvalue weighted by Gasteiger charge is -2.03. The van der Waals surface area contributed by atoms with Gasteiger partial charge in [0.25, 0.3) is 5.89 Å². The zero-order valence-electron chi connectivity index (χ0n) is 13.2. The monoisotopic (exact) mass is 375 g/mol. The average Bonchev–Trinajstić information content (AvgIpc) is 3.09. The van der Waals surface area contributed by atoms with Crippen molar-refractivity contribution in [3.8, 4) is 17.2 Å². The smallest absolute Gasteiger partial charge is 0.322 e. The molecule has 128 valence electrons. The lowest BCUT2D eigenvalue weighted by Crippen LogP contribution is -2.14. The van der Waals surface area contributed by atoms with Gasteiger partial charge >= 0.3 is 6.01 Å². The van der Waals surface area contributed by atoms with Crippen LogP contribution in [0.15, 0.2) is 57.8 Å². The zero-order valence-corrected chi connectivity index (χ0v) is 14.8. The number of anilines is 1. The molecule has 0 saturated carbocycles. The van der Waals surface area contributed by atoms with Crippen LogP contribution in [0.1, 0.15) is 0 Å². The van der Waals surface area contributed by atoms with E-state index in [2.05, 4.69) is 15.5 Å². The quantitative estimate of drug-likeness (QED) is 0.653. The van der Waals surface area contributed by atoms with Gasteiger partial charge in [-0.25, -0.2) is 0 Å². The molecule has 0 bridgehead atoms. The van der Waals surface area contributed by atoms with Gasteiger partial charge in [0.05, 0.1) is 23.4 Å². The van der Waals surface area contributed by atoms with E-state index in [1.54, 1.807) is 25.3 Å². The van der Waals surface area contributed by atoms with Crippen LogP contribution < -0.4 is 10.1 Å². The van der Waals surface area contributed by atoms with Gasteiger partial charge in [0, 0.05) is 4.90 Å². The third-order valence-electron chi connectivity index (χ3n) is 3.20. The summed E-state index contributed by atoms with van der Waals surface area (Å²) in [6.07, 6.45) is 0. The van der Waals surface area contributed by atoms with Crippen molar-refractivity contribution in [1.82, 2.24) is 10.2 Å². The fraction of sp³-hybridized carbons (Fsp3) is 0.118. The first-order valence-electron chi connectivity index (χ1n) is 7.31. The van der Waals surface area contributed by atoms with Crippen LogP contribution in [-0.2, 0) is 4.79 Å². The second-order valence-corrected chi connectivity index (χ2v) is 6.36. The Bertz CT molecular complexity index is 868. The molecule has 1 N–H and O–H groups in total. The van der Waals surface area contributed by atoms with Gasteiger partial charge in [0.2, 0.25) is 5.91 Å². The molecule has 0 spiro atoms. The number of carbonyl (C=O) groups is 1. The van der Waals surface area contributed by atoms with Crippen molar-refractivity contribution in [3.63, 3.8) is 0 Å². The maximum Gasteiger partial charge on any atom is 0.322 e. The molecule has 25 heavy (non-hydrogen) atoms. The van der Waals surface area contributed by atoms with Crippen molar-refractivity contribution in [2.45, 2.75) is 4.90 Å². The summed E-state index contributed by atoms with van der Waals surface area (Å²) in [6.45, 7) is 0. The molecule has 0 radical (unpaired) electrons. The van der Waals surface area contributed by atoms with Crippen LogP contribution in [-0.4, -0.2) is 29.0 Å². The molecule has 0 aliphatic rings. The Morgan fingerprint density at radius 1 is 1.20 bits per heavy atom. The number of nitrogens with one attached hydrogen (secondary N) is 1. The minimum Gasteiger partial charge on any atom is -0.497 e. The van der Waals surface area contributed by atoms with E-state index in [9.17, 15) is 4.79 Å². The minimum atomic E-state index is -0.241. The highest BCUT2D eigenvalue weighted by molar-refractivity contribution is 8.00. The van der Waals surface area contributed by atoms with Crippen molar-refractivity contribution in [3.05, 3.63) is 53.6 Å². The van der Waals surface area contributed by atoms with E-state index in [1.165, 1.54) is 11.8 Å². The van der Waals surface area contributed by atoms with Gasteiger partial charge in [-0.05, 0) is 36.4 Å². The molecule has 0 saturated heterocycles. The van der Waals surface area contributed by atoms with Crippen LogP contribution in [0.4, 0.5) is 6.01 Å². The molecule has 0 aliphatic heterocycles. The highest BCUT2D eigenvalue weighted by Gasteiger charge is 2.13. The average molecular weight is 376 g/mol. The van der Waals surface area contributed by atoms with Crippen LogP contribution in [0.25, 0.3) is 11.5 Å². The number of rotatable bonds is 6. The van der Waals surface area contributed by atoms with Crippen molar-refractivity contribution in [2.24, 2.45) is 0 Å². The Morgan fingerprint density at radius 2 is 1.96 bits per heavy atom. The molecule has 0 fully saturated rings. The minimum absolute atomic E-state index is 0.0373. The summed E-state index contributed by atoms with van der Waals surface area (Å²) in [5.74, 6) is 1.00. The molecular weight excluding hydrogens is 362 g/mol. The number of amides is 1. The number of thioether (sulfide) groups is 1. The predicted molar refractivity (Wildman–Crippen MR) is 97.1 cm³/mol. The van der Waals surface area contributed by atoms with Gasteiger partial charge in [-0.15, -0.1) is 16.9 Å². The van der Waals surface area contributed by atoms with E-state index in [0.29, 0.717) is 10.6 Å². The summed E-state index contributed by atoms with van der Waals surface area (Å²) in [5.41, 5.74) is 0.616. The van der Waals surface area contributed by atoms with Crippen LogP contribution >= 0.6 is 23.4 Å².